The number of hydrogen-bond acceptors (Lipinski definition) is 7. The summed E-state index contributed by atoms with van der Waals surface area (Å²) in [6, 6.07) is 16.9. The molecule has 3 aromatic rings. The molecule has 1 heterocycles. The average Bonchev–Trinajstić information content (AvgIpc) is 3.11. The smallest absolute Gasteiger partial charge is 0.237 e. The number of carbonyl (C=O) groups excluding carboxylic acids is 1. The van der Waals surface area contributed by atoms with Gasteiger partial charge in [-0.2, -0.15) is 5.26 Å². The van der Waals surface area contributed by atoms with Gasteiger partial charge >= 0.3 is 0 Å². The zero-order valence-corrected chi connectivity index (χ0v) is 16.4. The number of thioether (sulfide) groups is 1. The molecule has 2 N–H and O–H groups in total. The molecule has 0 aliphatic heterocycles. The van der Waals surface area contributed by atoms with Crippen molar-refractivity contribution in [3.8, 4) is 6.07 Å². The highest BCUT2D eigenvalue weighted by Crippen LogP contribution is 2.31. The van der Waals surface area contributed by atoms with E-state index in [1.54, 1.807) is 31.2 Å². The quantitative estimate of drug-likeness (QED) is 0.594. The number of nitrogens with zero attached hydrogens (tertiary/aromatic N) is 3. The highest BCUT2D eigenvalue weighted by atomic mass is 32.2. The molecule has 0 fully saturated rings. The van der Waals surface area contributed by atoms with Crippen LogP contribution in [0.3, 0.4) is 0 Å². The van der Waals surface area contributed by atoms with E-state index in [-0.39, 0.29) is 11.2 Å². The van der Waals surface area contributed by atoms with Crippen molar-refractivity contribution in [1.82, 2.24) is 10.2 Å². The Morgan fingerprint density at radius 2 is 1.85 bits per heavy atom. The largest absolute Gasteiger partial charge is 0.330 e. The number of nitrogens with one attached hydrogen (secondary N) is 2. The SMILES string of the molecule is Cc1ccccc1Nc1nnc(S[C@H](C)C(=O)Nc2ccccc2C#N)s1. The molecule has 0 saturated carbocycles. The summed E-state index contributed by atoms with van der Waals surface area (Å²) in [4.78, 5) is 12.4. The van der Waals surface area contributed by atoms with E-state index < -0.39 is 0 Å². The van der Waals surface area contributed by atoms with Gasteiger partial charge in [-0.25, -0.2) is 0 Å². The Kier molecular flexibility index (Phi) is 6.06. The van der Waals surface area contributed by atoms with Crippen molar-refractivity contribution in [3.63, 3.8) is 0 Å². The van der Waals surface area contributed by atoms with E-state index in [4.69, 9.17) is 5.26 Å². The topological polar surface area (TPSA) is 90.7 Å². The van der Waals surface area contributed by atoms with Crippen molar-refractivity contribution in [1.29, 1.82) is 5.26 Å². The zero-order valence-electron chi connectivity index (χ0n) is 14.8. The summed E-state index contributed by atoms with van der Waals surface area (Å²) in [5.74, 6) is -0.189. The zero-order chi connectivity index (χ0) is 19.2. The maximum Gasteiger partial charge on any atom is 0.237 e. The molecule has 0 saturated heterocycles. The monoisotopic (exact) mass is 395 g/mol. The second kappa shape index (κ2) is 8.66. The molecule has 0 radical (unpaired) electrons. The van der Waals surface area contributed by atoms with Crippen LogP contribution in [-0.4, -0.2) is 21.4 Å². The van der Waals surface area contributed by atoms with E-state index in [2.05, 4.69) is 26.9 Å². The van der Waals surface area contributed by atoms with E-state index in [0.717, 1.165) is 11.3 Å². The molecular weight excluding hydrogens is 378 g/mol. The number of benzene rings is 2. The number of para-hydroxylation sites is 2. The summed E-state index contributed by atoms with van der Waals surface area (Å²) in [6.45, 7) is 3.81. The number of amides is 1. The summed E-state index contributed by atoms with van der Waals surface area (Å²) in [5.41, 5.74) is 3.04. The number of anilines is 3. The fourth-order valence-corrected chi connectivity index (χ4v) is 4.17. The van der Waals surface area contributed by atoms with Gasteiger partial charge in [-0.1, -0.05) is 53.4 Å². The van der Waals surface area contributed by atoms with Crippen molar-refractivity contribution < 1.29 is 4.79 Å². The molecule has 0 aliphatic rings. The Hall–Kier alpha value is -2.89. The highest BCUT2D eigenvalue weighted by molar-refractivity contribution is 8.02. The molecule has 0 aliphatic carbocycles. The van der Waals surface area contributed by atoms with Gasteiger partial charge in [0.05, 0.1) is 16.5 Å². The van der Waals surface area contributed by atoms with E-state index in [9.17, 15) is 4.79 Å². The standard InChI is InChI=1S/C19H17N5OS2/c1-12-7-3-5-9-15(12)22-18-23-24-19(27-18)26-13(2)17(25)21-16-10-6-4-8-14(16)11-20/h3-10,13H,1-2H3,(H,21,25)(H,22,23)/t13-/m1/s1. The summed E-state index contributed by atoms with van der Waals surface area (Å²) in [5, 5.41) is 23.7. The Bertz CT molecular complexity index is 996. The van der Waals surface area contributed by atoms with Gasteiger partial charge in [-0.15, -0.1) is 10.2 Å². The number of carbonyl (C=O) groups is 1. The van der Waals surface area contributed by atoms with Gasteiger partial charge in [0.2, 0.25) is 11.0 Å². The van der Waals surface area contributed by atoms with E-state index >= 15 is 0 Å². The Labute approximate surface area is 165 Å². The first kappa shape index (κ1) is 18.9. The Morgan fingerprint density at radius 3 is 2.59 bits per heavy atom. The van der Waals surface area contributed by atoms with Crippen LogP contribution in [0.2, 0.25) is 0 Å². The lowest BCUT2D eigenvalue weighted by Gasteiger charge is -2.11. The van der Waals surface area contributed by atoms with Crippen LogP contribution < -0.4 is 10.6 Å². The second-order valence-corrected chi connectivity index (χ2v) is 8.29. The van der Waals surface area contributed by atoms with Gasteiger partial charge in [0.25, 0.3) is 0 Å². The maximum atomic E-state index is 12.4. The predicted molar refractivity (Wildman–Crippen MR) is 109 cm³/mol. The van der Waals surface area contributed by atoms with Crippen LogP contribution in [0, 0.1) is 18.3 Å². The molecule has 2 aromatic carbocycles. The molecule has 0 bridgehead atoms. The third kappa shape index (κ3) is 4.84. The van der Waals surface area contributed by atoms with Gasteiger partial charge in [0, 0.05) is 5.69 Å². The molecule has 6 nitrogen and oxygen atoms in total. The summed E-state index contributed by atoms with van der Waals surface area (Å²) in [7, 11) is 0. The van der Waals surface area contributed by atoms with Crippen LogP contribution in [0.1, 0.15) is 18.1 Å². The summed E-state index contributed by atoms with van der Waals surface area (Å²) < 4.78 is 0.697. The molecule has 136 valence electrons. The summed E-state index contributed by atoms with van der Waals surface area (Å²) >= 11 is 2.72. The van der Waals surface area contributed by atoms with Crippen molar-refractivity contribution in [2.75, 3.05) is 10.6 Å². The van der Waals surface area contributed by atoms with Gasteiger partial charge < -0.3 is 10.6 Å². The third-order valence-corrected chi connectivity index (χ3v) is 5.77. The normalized spacial score (nSPS) is 11.4. The van der Waals surface area contributed by atoms with Gasteiger partial charge in [0.15, 0.2) is 4.34 Å². The molecule has 1 amide bonds. The van der Waals surface area contributed by atoms with Gasteiger partial charge in [0.1, 0.15) is 6.07 Å². The van der Waals surface area contributed by atoms with Gasteiger partial charge in [-0.3, -0.25) is 4.79 Å². The van der Waals surface area contributed by atoms with Crippen molar-refractivity contribution in [2.24, 2.45) is 0 Å². The number of nitriles is 1. The third-order valence-electron chi connectivity index (χ3n) is 3.75. The highest BCUT2D eigenvalue weighted by Gasteiger charge is 2.18. The lowest BCUT2D eigenvalue weighted by molar-refractivity contribution is -0.115. The first-order valence-electron chi connectivity index (χ1n) is 8.19. The summed E-state index contributed by atoms with van der Waals surface area (Å²) in [6.07, 6.45) is 0. The Balaban J connectivity index is 1.62. The number of rotatable bonds is 6. The molecule has 1 atom stereocenters. The van der Waals surface area contributed by atoms with Crippen molar-refractivity contribution >= 4 is 45.5 Å². The minimum atomic E-state index is -0.379. The van der Waals surface area contributed by atoms with Crippen LogP contribution >= 0.6 is 23.1 Å². The van der Waals surface area contributed by atoms with Crippen LogP contribution in [0.5, 0.6) is 0 Å². The maximum absolute atomic E-state index is 12.4. The van der Waals surface area contributed by atoms with Crippen LogP contribution in [0.4, 0.5) is 16.5 Å². The van der Waals surface area contributed by atoms with Crippen LogP contribution in [0.25, 0.3) is 0 Å². The fourth-order valence-electron chi connectivity index (χ4n) is 2.26. The Morgan fingerprint density at radius 1 is 1.15 bits per heavy atom. The molecule has 3 rings (SSSR count). The van der Waals surface area contributed by atoms with E-state index in [0.29, 0.717) is 20.7 Å². The average molecular weight is 396 g/mol. The molecule has 0 unspecified atom stereocenters. The number of aromatic nitrogens is 2. The van der Waals surface area contributed by atoms with E-state index in [1.165, 1.54) is 23.1 Å². The molecule has 27 heavy (non-hydrogen) atoms. The lowest BCUT2D eigenvalue weighted by atomic mass is 10.2. The molecule has 0 spiro atoms. The van der Waals surface area contributed by atoms with E-state index in [1.807, 2.05) is 31.2 Å². The molecule has 8 heteroatoms. The fraction of sp³-hybridized carbons (Fsp3) is 0.158. The molecular formula is C19H17N5OS2. The lowest BCUT2D eigenvalue weighted by Crippen LogP contribution is -2.22. The minimum Gasteiger partial charge on any atom is -0.330 e. The van der Waals surface area contributed by atoms with Crippen LogP contribution in [0.15, 0.2) is 52.9 Å². The molecule has 1 aromatic heterocycles. The second-order valence-electron chi connectivity index (χ2n) is 5.72. The minimum absolute atomic E-state index is 0.189. The van der Waals surface area contributed by atoms with Crippen molar-refractivity contribution in [3.05, 3.63) is 59.7 Å². The predicted octanol–water partition coefficient (Wildman–Crippen LogP) is 4.58. The number of aryl methyl sites for hydroxylation is 1. The first-order valence-corrected chi connectivity index (χ1v) is 9.89. The van der Waals surface area contributed by atoms with Crippen molar-refractivity contribution in [2.45, 2.75) is 23.4 Å². The number of hydrogen-bond donors (Lipinski definition) is 2. The first-order chi connectivity index (χ1) is 13.1. The van der Waals surface area contributed by atoms with Crippen LogP contribution in [-0.2, 0) is 4.79 Å². The van der Waals surface area contributed by atoms with Gasteiger partial charge in [-0.05, 0) is 37.6 Å².